The lowest BCUT2D eigenvalue weighted by Gasteiger charge is -2.28. The maximum atomic E-state index is 14.0. The summed E-state index contributed by atoms with van der Waals surface area (Å²) in [6.45, 7) is 6.88. The molecular weight excluding hydrogens is 610 g/mol. The third-order valence-electron chi connectivity index (χ3n) is 9.09. The number of ether oxygens (including phenoxy) is 3. The third kappa shape index (κ3) is 10.3. The molecule has 0 saturated carbocycles. The highest BCUT2D eigenvalue weighted by Crippen LogP contribution is 2.32. The molecular formula is C38H49N3O7. The molecule has 2 amide bonds. The summed E-state index contributed by atoms with van der Waals surface area (Å²) in [5.41, 5.74) is 3.76. The van der Waals surface area contributed by atoms with Crippen LogP contribution in [0.2, 0.25) is 0 Å². The molecule has 4 N–H and O–H groups in total. The Balaban J connectivity index is 1.29. The summed E-state index contributed by atoms with van der Waals surface area (Å²) in [4.78, 5) is 29.0. The number of carbonyl (C=O) groups excluding carboxylic acids is 2. The topological polar surface area (TPSA) is 130 Å². The Morgan fingerprint density at radius 1 is 0.938 bits per heavy atom. The molecule has 3 aromatic carbocycles. The van der Waals surface area contributed by atoms with E-state index in [0.29, 0.717) is 32.3 Å². The second-order valence-electron chi connectivity index (χ2n) is 12.7. The zero-order valence-electron chi connectivity index (χ0n) is 27.8. The number of benzene rings is 3. The maximum absolute atomic E-state index is 14.0. The summed E-state index contributed by atoms with van der Waals surface area (Å²) in [6, 6.07) is 23.8. The molecule has 5 atom stereocenters. The minimum absolute atomic E-state index is 0.0830. The van der Waals surface area contributed by atoms with Crippen LogP contribution in [0.4, 0.5) is 4.79 Å². The van der Waals surface area contributed by atoms with E-state index in [1.54, 1.807) is 0 Å². The first-order valence-electron chi connectivity index (χ1n) is 17.1. The van der Waals surface area contributed by atoms with Gasteiger partial charge in [0.05, 0.1) is 44.1 Å². The van der Waals surface area contributed by atoms with Crippen molar-refractivity contribution in [1.82, 2.24) is 15.5 Å². The van der Waals surface area contributed by atoms with E-state index in [1.807, 2.05) is 85.8 Å². The van der Waals surface area contributed by atoms with E-state index < -0.39 is 36.3 Å². The number of nitrogens with one attached hydrogen (secondary N) is 2. The van der Waals surface area contributed by atoms with Gasteiger partial charge in [0.25, 0.3) is 0 Å². The lowest BCUT2D eigenvalue weighted by atomic mass is 9.88. The monoisotopic (exact) mass is 659 g/mol. The van der Waals surface area contributed by atoms with Crippen LogP contribution < -0.4 is 15.4 Å². The largest absolute Gasteiger partial charge is 0.492 e. The Labute approximate surface area is 283 Å². The van der Waals surface area contributed by atoms with Crippen molar-refractivity contribution in [1.29, 1.82) is 0 Å². The number of aliphatic hydroxyl groups is 2. The lowest BCUT2D eigenvalue weighted by Crippen LogP contribution is -2.47. The molecule has 1 saturated heterocycles. The summed E-state index contributed by atoms with van der Waals surface area (Å²) < 4.78 is 16.7. The molecule has 0 radical (unpaired) electrons. The Hall–Kier alpha value is -3.96. The molecule has 10 nitrogen and oxygen atoms in total. The van der Waals surface area contributed by atoms with Crippen molar-refractivity contribution in [2.75, 3.05) is 46.1 Å². The summed E-state index contributed by atoms with van der Waals surface area (Å²) in [5, 5.41) is 28.4. The molecule has 5 rings (SSSR count). The Kier molecular flexibility index (Phi) is 13.2. The number of amides is 2. The predicted octanol–water partition coefficient (Wildman–Crippen LogP) is 3.83. The zero-order valence-corrected chi connectivity index (χ0v) is 27.8. The highest BCUT2D eigenvalue weighted by atomic mass is 16.5. The smallest absolute Gasteiger partial charge is 0.407 e. The first-order chi connectivity index (χ1) is 23.4. The van der Waals surface area contributed by atoms with Gasteiger partial charge >= 0.3 is 6.09 Å². The van der Waals surface area contributed by atoms with Gasteiger partial charge in [0.1, 0.15) is 12.4 Å². The van der Waals surface area contributed by atoms with E-state index in [9.17, 15) is 19.8 Å². The minimum atomic E-state index is -1.06. The number of fused-ring (bicyclic) bond motifs is 1. The van der Waals surface area contributed by atoms with Crippen molar-refractivity contribution in [3.05, 3.63) is 101 Å². The molecule has 1 aliphatic carbocycles. The molecule has 10 heteroatoms. The number of alkyl carbamates (subject to hydrolysis) is 1. The normalized spacial score (nSPS) is 19.5. The maximum Gasteiger partial charge on any atom is 0.407 e. The van der Waals surface area contributed by atoms with Crippen LogP contribution in [-0.2, 0) is 33.5 Å². The third-order valence-corrected chi connectivity index (χ3v) is 9.09. The molecule has 3 aromatic rings. The summed E-state index contributed by atoms with van der Waals surface area (Å²) >= 11 is 0. The Morgan fingerprint density at radius 3 is 2.40 bits per heavy atom. The molecule has 1 fully saturated rings. The van der Waals surface area contributed by atoms with E-state index in [2.05, 4.69) is 15.5 Å². The fourth-order valence-electron chi connectivity index (χ4n) is 6.42. The average Bonchev–Trinajstić information content (AvgIpc) is 3.42. The Bertz CT molecular complexity index is 1430. The standard InChI is InChI=1S/C38H49N3O7/c1-2-19-48-38(45)39-33(24-27-8-4-3-5-9-27)34(42)26-30(37(44)40-36-32-11-7-6-10-29(32)25-35(36)43)23-28-12-14-31(15-13-28)47-22-18-41-16-20-46-21-17-41/h3-15,30,33-36,42-43H,2,16-26H2,1H3,(H,39,45)(H,40,44)/t30?,33?,34?,35-,36-/m0/s1. The van der Waals surface area contributed by atoms with Crippen molar-refractivity contribution in [3.63, 3.8) is 0 Å². The number of hydrogen-bond acceptors (Lipinski definition) is 8. The Morgan fingerprint density at radius 2 is 1.65 bits per heavy atom. The second kappa shape index (κ2) is 18.0. The van der Waals surface area contributed by atoms with Gasteiger partial charge in [-0.15, -0.1) is 0 Å². The van der Waals surface area contributed by atoms with Gasteiger partial charge < -0.3 is 35.1 Å². The van der Waals surface area contributed by atoms with Crippen LogP contribution in [0.25, 0.3) is 0 Å². The van der Waals surface area contributed by atoms with Crippen LogP contribution in [-0.4, -0.2) is 91.4 Å². The zero-order chi connectivity index (χ0) is 33.7. The van der Waals surface area contributed by atoms with Gasteiger partial charge in [0, 0.05) is 32.0 Å². The van der Waals surface area contributed by atoms with Crippen molar-refractivity contribution in [2.45, 2.75) is 63.3 Å². The van der Waals surface area contributed by atoms with Crippen molar-refractivity contribution in [3.8, 4) is 5.75 Å². The number of aliphatic hydroxyl groups excluding tert-OH is 2. The SMILES string of the molecule is CCCOC(=O)NC(Cc1ccccc1)C(O)CC(Cc1ccc(OCCN2CCOCC2)cc1)C(=O)N[C@H]1c2ccccc2C[C@@H]1O. The highest BCUT2D eigenvalue weighted by molar-refractivity contribution is 5.80. The molecule has 0 aromatic heterocycles. The molecule has 0 bridgehead atoms. The van der Waals surface area contributed by atoms with E-state index in [0.717, 1.165) is 60.9 Å². The number of carbonyl (C=O) groups is 2. The second-order valence-corrected chi connectivity index (χ2v) is 12.7. The van der Waals surface area contributed by atoms with Gasteiger partial charge in [-0.25, -0.2) is 4.79 Å². The minimum Gasteiger partial charge on any atom is -0.492 e. The van der Waals surface area contributed by atoms with E-state index >= 15 is 0 Å². The lowest BCUT2D eigenvalue weighted by molar-refractivity contribution is -0.127. The van der Waals surface area contributed by atoms with Crippen molar-refractivity contribution >= 4 is 12.0 Å². The summed E-state index contributed by atoms with van der Waals surface area (Å²) in [5.74, 6) is -0.177. The quantitative estimate of drug-likeness (QED) is 0.183. The van der Waals surface area contributed by atoms with Gasteiger partial charge in [-0.2, -0.15) is 0 Å². The molecule has 1 heterocycles. The number of hydrogen-bond donors (Lipinski definition) is 4. The molecule has 0 spiro atoms. The van der Waals surface area contributed by atoms with Gasteiger partial charge in [0.2, 0.25) is 5.91 Å². The summed E-state index contributed by atoms with van der Waals surface area (Å²) in [6.07, 6.45) is -0.472. The number of rotatable bonds is 16. The molecule has 2 aliphatic rings. The number of morpholine rings is 1. The van der Waals surface area contributed by atoms with Crippen molar-refractivity contribution in [2.24, 2.45) is 5.92 Å². The summed E-state index contributed by atoms with van der Waals surface area (Å²) in [7, 11) is 0. The molecule has 48 heavy (non-hydrogen) atoms. The van der Waals surface area contributed by atoms with Gasteiger partial charge in [-0.05, 0) is 60.1 Å². The van der Waals surface area contributed by atoms with Gasteiger partial charge in [0.15, 0.2) is 0 Å². The van der Waals surface area contributed by atoms with Crippen molar-refractivity contribution < 1.29 is 34.0 Å². The number of nitrogens with zero attached hydrogens (tertiary/aromatic N) is 1. The fraction of sp³-hybridized carbons (Fsp3) is 0.474. The van der Waals surface area contributed by atoms with E-state index in [1.165, 1.54) is 0 Å². The first-order valence-corrected chi connectivity index (χ1v) is 17.1. The van der Waals surface area contributed by atoms with Crippen LogP contribution >= 0.6 is 0 Å². The molecule has 3 unspecified atom stereocenters. The van der Waals surface area contributed by atoms with Crippen LogP contribution in [0.15, 0.2) is 78.9 Å². The van der Waals surface area contributed by atoms with E-state index in [4.69, 9.17) is 14.2 Å². The first kappa shape index (κ1) is 35.3. The van der Waals surface area contributed by atoms with Gasteiger partial charge in [-0.1, -0.05) is 73.7 Å². The van der Waals surface area contributed by atoms with E-state index in [-0.39, 0.29) is 18.9 Å². The van der Waals surface area contributed by atoms with Crippen LogP contribution in [0.5, 0.6) is 5.75 Å². The van der Waals surface area contributed by atoms with Crippen LogP contribution in [0, 0.1) is 5.92 Å². The highest BCUT2D eigenvalue weighted by Gasteiger charge is 2.35. The average molecular weight is 660 g/mol. The molecule has 258 valence electrons. The van der Waals surface area contributed by atoms with Gasteiger partial charge in [-0.3, -0.25) is 9.69 Å². The predicted molar refractivity (Wildman–Crippen MR) is 183 cm³/mol. The van der Waals surface area contributed by atoms with Crippen LogP contribution in [0.1, 0.15) is 48.1 Å². The van der Waals surface area contributed by atoms with Crippen LogP contribution in [0.3, 0.4) is 0 Å². The molecule has 1 aliphatic heterocycles. The fourth-order valence-corrected chi connectivity index (χ4v) is 6.42.